The number of carbonyl (C=O) groups excluding carboxylic acids is 1. The Kier molecular flexibility index (Phi) is 6.04. The van der Waals surface area contributed by atoms with Crippen LogP contribution in [0.4, 0.5) is 5.69 Å². The fourth-order valence-electron chi connectivity index (χ4n) is 3.17. The zero-order valence-electron chi connectivity index (χ0n) is 15.2. The van der Waals surface area contributed by atoms with Gasteiger partial charge < -0.3 is 14.8 Å². The molecule has 26 heavy (non-hydrogen) atoms. The van der Waals surface area contributed by atoms with E-state index in [1.807, 2.05) is 37.3 Å². The number of hydrogen-bond acceptors (Lipinski definition) is 3. The molecule has 0 aromatic heterocycles. The summed E-state index contributed by atoms with van der Waals surface area (Å²) < 4.78 is 11.1. The van der Waals surface area contributed by atoms with Crippen LogP contribution in [0.5, 0.6) is 11.5 Å². The summed E-state index contributed by atoms with van der Waals surface area (Å²) in [6.07, 6.45) is 2.68. The predicted octanol–water partition coefficient (Wildman–Crippen LogP) is 4.81. The van der Waals surface area contributed by atoms with Gasteiger partial charge in [0.05, 0.1) is 0 Å². The summed E-state index contributed by atoms with van der Waals surface area (Å²) >= 11 is 6.31. The minimum absolute atomic E-state index is 0.00782. The summed E-state index contributed by atoms with van der Waals surface area (Å²) in [6, 6.07) is 9.73. The first-order chi connectivity index (χ1) is 12.6. The van der Waals surface area contributed by atoms with Crippen molar-refractivity contribution in [3.63, 3.8) is 0 Å². The molecule has 1 heterocycles. The predicted molar refractivity (Wildman–Crippen MR) is 105 cm³/mol. The number of amides is 1. The molecule has 0 atom stereocenters. The van der Waals surface area contributed by atoms with Crippen molar-refractivity contribution in [1.82, 2.24) is 0 Å². The first-order valence-electron chi connectivity index (χ1n) is 9.11. The minimum Gasteiger partial charge on any atom is -0.486 e. The van der Waals surface area contributed by atoms with Crippen LogP contribution in [0.15, 0.2) is 30.3 Å². The van der Waals surface area contributed by atoms with Gasteiger partial charge in [-0.15, -0.1) is 0 Å². The largest absolute Gasteiger partial charge is 0.486 e. The number of carbonyl (C=O) groups is 1. The lowest BCUT2D eigenvalue weighted by atomic mass is 10.0. The molecule has 1 amide bonds. The molecule has 4 nitrogen and oxygen atoms in total. The highest BCUT2D eigenvalue weighted by molar-refractivity contribution is 6.32. The van der Waals surface area contributed by atoms with Crippen molar-refractivity contribution in [2.45, 2.75) is 39.5 Å². The number of ether oxygens (including phenoxy) is 2. The lowest BCUT2D eigenvalue weighted by Crippen LogP contribution is -2.16. The maximum atomic E-state index is 12.5. The van der Waals surface area contributed by atoms with Crippen LogP contribution >= 0.6 is 11.6 Å². The van der Waals surface area contributed by atoms with Crippen LogP contribution in [0, 0.1) is 0 Å². The van der Waals surface area contributed by atoms with Crippen LogP contribution < -0.4 is 14.8 Å². The third kappa shape index (κ3) is 4.13. The van der Waals surface area contributed by atoms with Crippen LogP contribution in [0.1, 0.15) is 37.0 Å². The molecule has 1 aliphatic rings. The van der Waals surface area contributed by atoms with Crippen molar-refractivity contribution in [1.29, 1.82) is 0 Å². The second-order valence-electron chi connectivity index (χ2n) is 6.29. The van der Waals surface area contributed by atoms with Gasteiger partial charge in [0, 0.05) is 17.1 Å². The fraction of sp³-hybridized carbons (Fsp3) is 0.381. The summed E-state index contributed by atoms with van der Waals surface area (Å²) in [5.41, 5.74) is 4.04. The molecular formula is C21H24ClNO3. The Morgan fingerprint density at radius 3 is 2.58 bits per heavy atom. The molecular weight excluding hydrogens is 350 g/mol. The molecule has 0 unspecified atom stereocenters. The molecule has 0 radical (unpaired) electrons. The topological polar surface area (TPSA) is 47.6 Å². The van der Waals surface area contributed by atoms with Crippen LogP contribution in [0.25, 0.3) is 0 Å². The third-order valence-electron chi connectivity index (χ3n) is 4.59. The zero-order chi connectivity index (χ0) is 18.5. The number of aryl methyl sites for hydroxylation is 2. The van der Waals surface area contributed by atoms with E-state index in [9.17, 15) is 4.79 Å². The van der Waals surface area contributed by atoms with Gasteiger partial charge in [-0.3, -0.25) is 4.79 Å². The Bertz CT molecular complexity index is 804. The van der Waals surface area contributed by atoms with E-state index in [0.29, 0.717) is 31.1 Å². The Hall–Kier alpha value is -2.20. The van der Waals surface area contributed by atoms with Crippen LogP contribution in [0.2, 0.25) is 5.02 Å². The monoisotopic (exact) mass is 373 g/mol. The highest BCUT2D eigenvalue weighted by Crippen LogP contribution is 2.32. The molecule has 138 valence electrons. The highest BCUT2D eigenvalue weighted by atomic mass is 35.5. The van der Waals surface area contributed by atoms with Gasteiger partial charge in [-0.2, -0.15) is 0 Å². The Labute approximate surface area is 159 Å². The zero-order valence-corrected chi connectivity index (χ0v) is 16.0. The molecule has 1 N–H and O–H groups in total. The first-order valence-corrected chi connectivity index (χ1v) is 9.48. The molecule has 2 aromatic rings. The van der Waals surface area contributed by atoms with E-state index in [1.54, 1.807) is 0 Å². The SMILES string of the molecule is CCc1ccc(Cl)c(CC)c1NC(=O)CCc1ccc2c(c1)OCCO2. The lowest BCUT2D eigenvalue weighted by molar-refractivity contribution is -0.116. The van der Waals surface area contributed by atoms with Crippen LogP contribution in [-0.4, -0.2) is 19.1 Å². The number of rotatable bonds is 6. The van der Waals surface area contributed by atoms with Gasteiger partial charge in [-0.1, -0.05) is 37.6 Å². The Morgan fingerprint density at radius 2 is 1.85 bits per heavy atom. The van der Waals surface area contributed by atoms with E-state index in [-0.39, 0.29) is 5.91 Å². The molecule has 0 aliphatic carbocycles. The van der Waals surface area contributed by atoms with Gasteiger partial charge >= 0.3 is 0 Å². The maximum Gasteiger partial charge on any atom is 0.224 e. The maximum absolute atomic E-state index is 12.5. The van der Waals surface area contributed by atoms with E-state index in [4.69, 9.17) is 21.1 Å². The second kappa shape index (κ2) is 8.45. The average Bonchev–Trinajstić information content (AvgIpc) is 2.66. The number of fused-ring (bicyclic) bond motifs is 1. The molecule has 0 saturated heterocycles. The number of halogens is 1. The normalized spacial score (nSPS) is 12.7. The molecule has 1 aliphatic heterocycles. The number of anilines is 1. The molecule has 0 saturated carbocycles. The van der Waals surface area contributed by atoms with E-state index < -0.39 is 0 Å². The van der Waals surface area contributed by atoms with Crippen molar-refractivity contribution >= 4 is 23.2 Å². The minimum atomic E-state index is -0.00782. The summed E-state index contributed by atoms with van der Waals surface area (Å²) in [5.74, 6) is 1.51. The van der Waals surface area contributed by atoms with Crippen molar-refractivity contribution in [3.05, 3.63) is 52.0 Å². The van der Waals surface area contributed by atoms with Crippen molar-refractivity contribution in [3.8, 4) is 11.5 Å². The van der Waals surface area contributed by atoms with Crippen LogP contribution in [0.3, 0.4) is 0 Å². The molecule has 0 spiro atoms. The van der Waals surface area contributed by atoms with E-state index >= 15 is 0 Å². The van der Waals surface area contributed by atoms with E-state index in [1.165, 1.54) is 0 Å². The van der Waals surface area contributed by atoms with Gasteiger partial charge in [-0.05, 0) is 54.2 Å². The van der Waals surface area contributed by atoms with Gasteiger partial charge in [0.15, 0.2) is 11.5 Å². The molecule has 3 rings (SSSR count). The van der Waals surface area contributed by atoms with Gasteiger partial charge in [0.2, 0.25) is 5.91 Å². The Balaban J connectivity index is 1.67. The summed E-state index contributed by atoms with van der Waals surface area (Å²) in [6.45, 7) is 5.26. The number of benzene rings is 2. The van der Waals surface area contributed by atoms with Gasteiger partial charge in [0.1, 0.15) is 13.2 Å². The first kappa shape index (κ1) is 18.6. The summed E-state index contributed by atoms with van der Waals surface area (Å²) in [5, 5.41) is 3.78. The Morgan fingerprint density at radius 1 is 1.08 bits per heavy atom. The van der Waals surface area contributed by atoms with Crippen molar-refractivity contribution < 1.29 is 14.3 Å². The summed E-state index contributed by atoms with van der Waals surface area (Å²) in [4.78, 5) is 12.5. The van der Waals surface area contributed by atoms with E-state index in [2.05, 4.69) is 12.2 Å². The van der Waals surface area contributed by atoms with Gasteiger partial charge in [-0.25, -0.2) is 0 Å². The standard InChI is InChI=1S/C21H24ClNO3/c1-3-15-7-8-17(22)16(4-2)21(15)23-20(24)10-6-14-5-9-18-19(13-14)26-12-11-25-18/h5,7-9,13H,3-4,6,10-12H2,1-2H3,(H,23,24). The average molecular weight is 374 g/mol. The number of hydrogen-bond donors (Lipinski definition) is 1. The lowest BCUT2D eigenvalue weighted by Gasteiger charge is -2.19. The van der Waals surface area contributed by atoms with Crippen molar-refractivity contribution in [2.75, 3.05) is 18.5 Å². The number of nitrogens with one attached hydrogen (secondary N) is 1. The summed E-state index contributed by atoms with van der Waals surface area (Å²) in [7, 11) is 0. The second-order valence-corrected chi connectivity index (χ2v) is 6.70. The van der Waals surface area contributed by atoms with Crippen molar-refractivity contribution in [2.24, 2.45) is 0 Å². The smallest absolute Gasteiger partial charge is 0.224 e. The van der Waals surface area contributed by atoms with E-state index in [0.717, 1.165) is 46.7 Å². The van der Waals surface area contributed by atoms with Crippen LogP contribution in [-0.2, 0) is 24.1 Å². The third-order valence-corrected chi connectivity index (χ3v) is 4.94. The molecule has 2 aromatic carbocycles. The molecule has 0 fully saturated rings. The van der Waals surface area contributed by atoms with Gasteiger partial charge in [0.25, 0.3) is 0 Å². The quantitative estimate of drug-likeness (QED) is 0.790. The highest BCUT2D eigenvalue weighted by Gasteiger charge is 2.15. The molecule has 0 bridgehead atoms. The fourth-order valence-corrected chi connectivity index (χ4v) is 3.46. The molecule has 5 heteroatoms.